The van der Waals surface area contributed by atoms with E-state index in [1.807, 2.05) is 6.92 Å². The zero-order valence-corrected chi connectivity index (χ0v) is 15.6. The minimum atomic E-state index is -0.901. The number of hydrogen-bond acceptors (Lipinski definition) is 3. The molecule has 3 N–H and O–H groups in total. The van der Waals surface area contributed by atoms with Gasteiger partial charge in [-0.25, -0.2) is 0 Å². The monoisotopic (exact) mass is 324 g/mol. The fourth-order valence-electron chi connectivity index (χ4n) is 6.05. The molecule has 0 spiro atoms. The Morgan fingerprint density at radius 3 is 2.39 bits per heavy atom. The van der Waals surface area contributed by atoms with Gasteiger partial charge >= 0.3 is 0 Å². The summed E-state index contributed by atoms with van der Waals surface area (Å²) in [6.07, 6.45) is 6.21. The van der Waals surface area contributed by atoms with Gasteiger partial charge in [-0.05, 0) is 62.2 Å². The number of rotatable bonds is 4. The number of fused-ring (bicyclic) bond motifs is 1. The molecule has 0 saturated heterocycles. The molecular weight excluding hydrogens is 288 g/mol. The van der Waals surface area contributed by atoms with Crippen LogP contribution in [0.25, 0.3) is 0 Å². The van der Waals surface area contributed by atoms with E-state index in [-0.39, 0.29) is 22.7 Å². The van der Waals surface area contributed by atoms with Gasteiger partial charge in [-0.3, -0.25) is 0 Å². The van der Waals surface area contributed by atoms with Gasteiger partial charge in [0, 0.05) is 6.42 Å². The molecule has 0 bridgehead atoms. The first-order valence-electron chi connectivity index (χ1n) is 9.12. The molecule has 2 aliphatic carbocycles. The first kappa shape index (κ1) is 19.0. The lowest BCUT2D eigenvalue weighted by Gasteiger charge is -2.63. The van der Waals surface area contributed by atoms with Crippen molar-refractivity contribution in [3.05, 3.63) is 12.7 Å². The Morgan fingerprint density at radius 1 is 1.22 bits per heavy atom. The molecule has 0 aromatic rings. The van der Waals surface area contributed by atoms with Crippen LogP contribution in [0.5, 0.6) is 0 Å². The molecule has 0 heterocycles. The molecule has 0 radical (unpaired) electrons. The first-order chi connectivity index (χ1) is 10.4. The Hall–Kier alpha value is -0.380. The Labute approximate surface area is 141 Å². The summed E-state index contributed by atoms with van der Waals surface area (Å²) >= 11 is 0. The van der Waals surface area contributed by atoms with Gasteiger partial charge in [0.15, 0.2) is 0 Å². The van der Waals surface area contributed by atoms with Crippen LogP contribution >= 0.6 is 0 Å². The predicted molar refractivity (Wildman–Crippen MR) is 94.0 cm³/mol. The van der Waals surface area contributed by atoms with E-state index < -0.39 is 17.3 Å². The van der Waals surface area contributed by atoms with Gasteiger partial charge in [0.05, 0.1) is 17.3 Å². The zero-order chi connectivity index (χ0) is 17.7. The second-order valence-corrected chi connectivity index (χ2v) is 9.61. The fraction of sp³-hybridized carbons (Fsp3) is 0.900. The van der Waals surface area contributed by atoms with E-state index in [9.17, 15) is 15.3 Å². The van der Waals surface area contributed by atoms with Gasteiger partial charge in [-0.1, -0.05) is 33.3 Å². The summed E-state index contributed by atoms with van der Waals surface area (Å²) in [6.45, 7) is 14.1. The highest BCUT2D eigenvalue weighted by molar-refractivity contribution is 5.11. The maximum atomic E-state index is 11.1. The lowest BCUT2D eigenvalue weighted by Crippen LogP contribution is -2.62. The summed E-state index contributed by atoms with van der Waals surface area (Å²) in [6, 6.07) is 0. The summed E-state index contributed by atoms with van der Waals surface area (Å²) in [4.78, 5) is 0. The normalized spacial score (nSPS) is 45.8. The smallest absolute Gasteiger partial charge is 0.0797 e. The van der Waals surface area contributed by atoms with Crippen molar-refractivity contribution in [2.24, 2.45) is 22.7 Å². The van der Waals surface area contributed by atoms with Crippen LogP contribution in [0.15, 0.2) is 12.7 Å². The second-order valence-electron chi connectivity index (χ2n) is 9.61. The zero-order valence-electron chi connectivity index (χ0n) is 15.6. The SMILES string of the molecule is C=C[C@@](C)(O)CC[C@@H]1[C@@]2(C)CCCC(C)(C)[C@H]2[C@@H](O)C[C@@]1(C)O. The van der Waals surface area contributed by atoms with E-state index in [1.165, 1.54) is 0 Å². The average molecular weight is 325 g/mol. The highest BCUT2D eigenvalue weighted by atomic mass is 16.3. The molecule has 23 heavy (non-hydrogen) atoms. The summed E-state index contributed by atoms with van der Waals surface area (Å²) < 4.78 is 0. The minimum Gasteiger partial charge on any atom is -0.393 e. The van der Waals surface area contributed by atoms with Gasteiger partial charge in [0.2, 0.25) is 0 Å². The third-order valence-corrected chi connectivity index (χ3v) is 7.02. The molecular formula is C20H36O3. The van der Waals surface area contributed by atoms with Crippen LogP contribution in [0.1, 0.15) is 73.1 Å². The molecule has 0 amide bonds. The van der Waals surface area contributed by atoms with Crippen LogP contribution in [0.3, 0.4) is 0 Å². The van der Waals surface area contributed by atoms with E-state index >= 15 is 0 Å². The van der Waals surface area contributed by atoms with Crippen molar-refractivity contribution in [3.63, 3.8) is 0 Å². The standard InChI is InChI=1S/C20H36O3/c1-7-18(4,22)12-9-15-19(5)11-8-10-17(2,3)16(19)14(21)13-20(15,6)23/h7,14-16,21-23H,1,8-13H2,2-6H3/t14-,15+,16+,18+,19+,20+/m0/s1. The molecule has 2 saturated carbocycles. The summed E-state index contributed by atoms with van der Waals surface area (Å²) in [7, 11) is 0. The molecule has 0 aliphatic heterocycles. The van der Waals surface area contributed by atoms with Crippen LogP contribution < -0.4 is 0 Å². The van der Waals surface area contributed by atoms with Crippen molar-refractivity contribution in [2.75, 3.05) is 0 Å². The van der Waals surface area contributed by atoms with Crippen molar-refractivity contribution in [3.8, 4) is 0 Å². The van der Waals surface area contributed by atoms with Crippen LogP contribution in [-0.2, 0) is 0 Å². The van der Waals surface area contributed by atoms with Gasteiger partial charge in [-0.2, -0.15) is 0 Å². The lowest BCUT2D eigenvalue weighted by molar-refractivity contribution is -0.216. The van der Waals surface area contributed by atoms with Crippen LogP contribution in [0.2, 0.25) is 0 Å². The lowest BCUT2D eigenvalue weighted by atomic mass is 9.44. The van der Waals surface area contributed by atoms with Gasteiger partial charge in [0.25, 0.3) is 0 Å². The molecule has 0 aromatic heterocycles. The minimum absolute atomic E-state index is 0.0781. The quantitative estimate of drug-likeness (QED) is 0.692. The van der Waals surface area contributed by atoms with Crippen molar-refractivity contribution < 1.29 is 15.3 Å². The highest BCUT2D eigenvalue weighted by Gasteiger charge is 2.61. The molecule has 134 valence electrons. The maximum Gasteiger partial charge on any atom is 0.0797 e. The largest absolute Gasteiger partial charge is 0.393 e. The van der Waals surface area contributed by atoms with Crippen LogP contribution in [-0.4, -0.2) is 32.6 Å². The maximum absolute atomic E-state index is 11.1. The Bertz CT molecular complexity index is 452. The van der Waals surface area contributed by atoms with E-state index in [1.54, 1.807) is 13.0 Å². The van der Waals surface area contributed by atoms with E-state index in [4.69, 9.17) is 0 Å². The molecule has 3 heteroatoms. The highest BCUT2D eigenvalue weighted by Crippen LogP contribution is 2.63. The average Bonchev–Trinajstić information content (AvgIpc) is 2.34. The molecule has 2 aliphatic rings. The molecule has 6 atom stereocenters. The third kappa shape index (κ3) is 3.38. The molecule has 2 fully saturated rings. The topological polar surface area (TPSA) is 60.7 Å². The fourth-order valence-corrected chi connectivity index (χ4v) is 6.05. The molecule has 3 nitrogen and oxygen atoms in total. The number of hydrogen-bond donors (Lipinski definition) is 3. The van der Waals surface area contributed by atoms with Gasteiger partial charge in [0.1, 0.15) is 0 Å². The van der Waals surface area contributed by atoms with E-state index in [0.717, 1.165) is 25.7 Å². The van der Waals surface area contributed by atoms with Crippen molar-refractivity contribution in [2.45, 2.75) is 90.4 Å². The molecule has 0 aromatic carbocycles. The van der Waals surface area contributed by atoms with E-state index in [2.05, 4.69) is 27.4 Å². The van der Waals surface area contributed by atoms with Crippen molar-refractivity contribution >= 4 is 0 Å². The van der Waals surface area contributed by atoms with Crippen molar-refractivity contribution in [1.29, 1.82) is 0 Å². The van der Waals surface area contributed by atoms with E-state index in [0.29, 0.717) is 12.8 Å². The summed E-state index contributed by atoms with van der Waals surface area (Å²) in [5.74, 6) is 0.275. The Kier molecular flexibility index (Phi) is 4.83. The predicted octanol–water partition coefficient (Wildman–Crippen LogP) is 3.67. The molecule has 2 rings (SSSR count). The first-order valence-corrected chi connectivity index (χ1v) is 9.12. The van der Waals surface area contributed by atoms with Gasteiger partial charge in [-0.15, -0.1) is 6.58 Å². The van der Waals surface area contributed by atoms with Crippen LogP contribution in [0.4, 0.5) is 0 Å². The Balaban J connectivity index is 2.35. The van der Waals surface area contributed by atoms with Crippen LogP contribution in [0, 0.1) is 22.7 Å². The molecule has 0 unspecified atom stereocenters. The summed E-state index contributed by atoms with van der Waals surface area (Å²) in [5.41, 5.74) is -1.81. The van der Waals surface area contributed by atoms with Crippen molar-refractivity contribution in [1.82, 2.24) is 0 Å². The number of aliphatic hydroxyl groups is 3. The van der Waals surface area contributed by atoms with Gasteiger partial charge < -0.3 is 15.3 Å². The Morgan fingerprint density at radius 2 is 1.83 bits per heavy atom. The third-order valence-electron chi connectivity index (χ3n) is 7.02. The second kappa shape index (κ2) is 5.86. The summed E-state index contributed by atoms with van der Waals surface area (Å²) in [5, 5.41) is 32.2. The number of aliphatic hydroxyl groups excluding tert-OH is 1.